The van der Waals surface area contributed by atoms with Gasteiger partial charge >= 0.3 is 0 Å². The normalized spacial score (nSPS) is 15.6. The summed E-state index contributed by atoms with van der Waals surface area (Å²) in [6.07, 6.45) is 16.1. The summed E-state index contributed by atoms with van der Waals surface area (Å²) in [6.45, 7) is 11.4. The molecule has 1 aliphatic carbocycles. The summed E-state index contributed by atoms with van der Waals surface area (Å²) < 4.78 is 0. The Kier molecular flexibility index (Phi) is 9.27. The van der Waals surface area contributed by atoms with Crippen molar-refractivity contribution in [3.05, 3.63) is 71.7 Å². The van der Waals surface area contributed by atoms with Crippen molar-refractivity contribution in [1.29, 1.82) is 0 Å². The molecule has 1 rings (SSSR count). The Morgan fingerprint density at radius 1 is 1.18 bits per heavy atom. The minimum Gasteiger partial charge on any atom is -0.143 e. The summed E-state index contributed by atoms with van der Waals surface area (Å²) in [6, 6.07) is 0. The Morgan fingerprint density at radius 3 is 2.29 bits per heavy atom. The molecule has 0 aromatic heterocycles. The molecule has 0 saturated heterocycles. The number of thiol groups is 1. The van der Waals surface area contributed by atoms with Crippen molar-refractivity contribution < 1.29 is 0 Å². The zero-order chi connectivity index (χ0) is 13.1. The van der Waals surface area contributed by atoms with Gasteiger partial charge in [-0.25, -0.2) is 0 Å². The Morgan fingerprint density at radius 2 is 1.82 bits per heavy atom. The van der Waals surface area contributed by atoms with E-state index in [1.54, 1.807) is 12.2 Å². The van der Waals surface area contributed by atoms with E-state index in [1.165, 1.54) is 5.57 Å². The molecule has 0 spiro atoms. The van der Waals surface area contributed by atoms with Crippen LogP contribution in [0.3, 0.4) is 0 Å². The average Bonchev–Trinajstić information content (AvgIpc) is 2.39. The van der Waals surface area contributed by atoms with E-state index >= 15 is 0 Å². The van der Waals surface area contributed by atoms with E-state index in [2.05, 4.69) is 44.0 Å². The van der Waals surface area contributed by atoms with Gasteiger partial charge in [-0.1, -0.05) is 63.5 Å². The van der Waals surface area contributed by atoms with Crippen molar-refractivity contribution in [2.75, 3.05) is 0 Å². The van der Waals surface area contributed by atoms with Crippen molar-refractivity contribution in [3.63, 3.8) is 0 Å². The zero-order valence-corrected chi connectivity index (χ0v) is 11.7. The minimum atomic E-state index is 0.919. The molecule has 0 atom stereocenters. The maximum atomic E-state index is 4.45. The van der Waals surface area contributed by atoms with Crippen LogP contribution in [0.15, 0.2) is 71.7 Å². The van der Waals surface area contributed by atoms with E-state index in [0.29, 0.717) is 0 Å². The van der Waals surface area contributed by atoms with Gasteiger partial charge in [-0.05, 0) is 30.1 Å². The highest BCUT2D eigenvalue weighted by molar-refractivity contribution is 7.84. The fourth-order valence-corrected chi connectivity index (χ4v) is 1.77. The van der Waals surface area contributed by atoms with E-state index in [0.717, 1.165) is 23.3 Å². The Balaban J connectivity index is 0.00000121. The van der Waals surface area contributed by atoms with Crippen LogP contribution in [0, 0.1) is 0 Å². The van der Waals surface area contributed by atoms with Crippen molar-refractivity contribution in [3.8, 4) is 0 Å². The molecule has 0 saturated carbocycles. The molecule has 0 heterocycles. The first-order chi connectivity index (χ1) is 8.29. The summed E-state index contributed by atoms with van der Waals surface area (Å²) in [5.74, 6) is 0. The maximum absolute atomic E-state index is 4.45. The van der Waals surface area contributed by atoms with Gasteiger partial charge in [0, 0.05) is 4.91 Å². The summed E-state index contributed by atoms with van der Waals surface area (Å²) in [4.78, 5) is 0.919. The van der Waals surface area contributed by atoms with Gasteiger partial charge in [-0.15, -0.1) is 12.6 Å². The monoisotopic (exact) mass is 246 g/mol. The molecule has 0 unspecified atom stereocenters. The van der Waals surface area contributed by atoms with Gasteiger partial charge in [-0.2, -0.15) is 0 Å². The highest BCUT2D eigenvalue weighted by Crippen LogP contribution is 2.26. The van der Waals surface area contributed by atoms with Crippen LogP contribution in [0.25, 0.3) is 0 Å². The van der Waals surface area contributed by atoms with Crippen molar-refractivity contribution in [1.82, 2.24) is 0 Å². The van der Waals surface area contributed by atoms with E-state index in [4.69, 9.17) is 0 Å². The van der Waals surface area contributed by atoms with E-state index in [1.807, 2.05) is 26.0 Å². The lowest BCUT2D eigenvalue weighted by atomic mass is 9.98. The first-order valence-electron chi connectivity index (χ1n) is 6.01. The third kappa shape index (κ3) is 5.60. The lowest BCUT2D eigenvalue weighted by molar-refractivity contribution is 1.02. The number of hydrogen-bond acceptors (Lipinski definition) is 1. The number of hydrogen-bond donors (Lipinski definition) is 1. The maximum Gasteiger partial charge on any atom is 0.0118 e. The van der Waals surface area contributed by atoms with E-state index in [9.17, 15) is 0 Å². The molecular formula is C16H22S. The van der Waals surface area contributed by atoms with E-state index < -0.39 is 0 Å². The largest absolute Gasteiger partial charge is 0.143 e. The lowest BCUT2D eigenvalue weighted by Crippen LogP contribution is -1.91. The second kappa shape index (κ2) is 9.98. The van der Waals surface area contributed by atoms with Gasteiger partial charge in [0.05, 0.1) is 0 Å². The molecule has 1 aliphatic rings. The topological polar surface area (TPSA) is 0 Å². The van der Waals surface area contributed by atoms with Crippen molar-refractivity contribution in [2.24, 2.45) is 0 Å². The number of allylic oxidation sites excluding steroid dienone is 9. The molecule has 17 heavy (non-hydrogen) atoms. The molecule has 0 amide bonds. The third-order valence-electron chi connectivity index (χ3n) is 2.14. The molecule has 0 aliphatic heterocycles. The molecule has 0 aromatic carbocycles. The number of rotatable bonds is 4. The minimum absolute atomic E-state index is 0.919. The van der Waals surface area contributed by atoms with Crippen molar-refractivity contribution >= 4 is 12.6 Å². The van der Waals surface area contributed by atoms with Gasteiger partial charge in [0.1, 0.15) is 0 Å². The smallest absolute Gasteiger partial charge is 0.0118 e. The van der Waals surface area contributed by atoms with Crippen molar-refractivity contribution in [2.45, 2.75) is 26.7 Å². The molecule has 92 valence electrons. The average molecular weight is 246 g/mol. The van der Waals surface area contributed by atoms with Crippen LogP contribution in [-0.2, 0) is 0 Å². The van der Waals surface area contributed by atoms with Gasteiger partial charge in [0.2, 0.25) is 0 Å². The quantitative estimate of drug-likeness (QED) is 0.498. The summed E-state index contributed by atoms with van der Waals surface area (Å²) in [5.41, 5.74) is 2.31. The van der Waals surface area contributed by atoms with E-state index in [-0.39, 0.29) is 0 Å². The third-order valence-corrected chi connectivity index (χ3v) is 2.53. The Labute approximate surface area is 111 Å². The second-order valence-corrected chi connectivity index (χ2v) is 3.72. The molecule has 0 bridgehead atoms. The predicted molar refractivity (Wildman–Crippen MR) is 83.4 cm³/mol. The van der Waals surface area contributed by atoms with Gasteiger partial charge in [0.25, 0.3) is 0 Å². The van der Waals surface area contributed by atoms with Crippen LogP contribution >= 0.6 is 12.6 Å². The fraction of sp³-hybridized carbons (Fsp3) is 0.250. The predicted octanol–water partition coefficient (Wildman–Crippen LogP) is 5.40. The zero-order valence-electron chi connectivity index (χ0n) is 10.8. The van der Waals surface area contributed by atoms with Crippen LogP contribution in [0.1, 0.15) is 26.7 Å². The Hall–Kier alpha value is -1.21. The summed E-state index contributed by atoms with van der Waals surface area (Å²) >= 11 is 4.45. The van der Waals surface area contributed by atoms with Crippen LogP contribution in [-0.4, -0.2) is 0 Å². The van der Waals surface area contributed by atoms with Crippen LogP contribution in [0.2, 0.25) is 0 Å². The van der Waals surface area contributed by atoms with Gasteiger partial charge in [0.15, 0.2) is 0 Å². The standard InChI is InChI=1S/C14H16S.C2H6/c1-3-8-13(14(15)9-4-2)12-10-6-5-7-11-12;1-2/h3-4,6,8-11,15H,1-2,5,7H2;1-2H3/b13-8-,14-9+;. The molecular weight excluding hydrogens is 224 g/mol. The fourth-order valence-electron chi connectivity index (χ4n) is 1.46. The first kappa shape index (κ1) is 15.8. The molecule has 0 radical (unpaired) electrons. The second-order valence-electron chi connectivity index (χ2n) is 3.24. The Bertz CT molecular complexity index is 365. The molecule has 1 heteroatoms. The van der Waals surface area contributed by atoms with Crippen LogP contribution < -0.4 is 0 Å². The highest BCUT2D eigenvalue weighted by Gasteiger charge is 2.05. The molecule has 0 nitrogen and oxygen atoms in total. The summed E-state index contributed by atoms with van der Waals surface area (Å²) in [5, 5.41) is 0. The van der Waals surface area contributed by atoms with Crippen LogP contribution in [0.4, 0.5) is 0 Å². The lowest BCUT2D eigenvalue weighted by Gasteiger charge is -2.11. The van der Waals surface area contributed by atoms with Crippen LogP contribution in [0.5, 0.6) is 0 Å². The molecule has 0 N–H and O–H groups in total. The van der Waals surface area contributed by atoms with Gasteiger partial charge in [-0.3, -0.25) is 0 Å². The highest BCUT2D eigenvalue weighted by atomic mass is 32.1. The SMILES string of the molecule is C=C/C=C(C1=CCCC=C1)\C(S)=C/C=C.CC. The molecule has 0 fully saturated rings. The first-order valence-corrected chi connectivity index (χ1v) is 6.46. The van der Waals surface area contributed by atoms with Gasteiger partial charge < -0.3 is 0 Å². The summed E-state index contributed by atoms with van der Waals surface area (Å²) in [7, 11) is 0. The molecule has 0 aromatic rings.